The fourth-order valence-corrected chi connectivity index (χ4v) is 1.57. The molecule has 0 aromatic heterocycles. The lowest BCUT2D eigenvalue weighted by molar-refractivity contribution is 0.516. The van der Waals surface area contributed by atoms with Crippen molar-refractivity contribution in [1.29, 1.82) is 0 Å². The van der Waals surface area contributed by atoms with E-state index in [-0.39, 0.29) is 5.54 Å². The number of hydrogen-bond acceptors (Lipinski definition) is 3. The Bertz CT molecular complexity index is 366. The van der Waals surface area contributed by atoms with Crippen molar-refractivity contribution in [3.63, 3.8) is 0 Å². The molecule has 1 heterocycles. The summed E-state index contributed by atoms with van der Waals surface area (Å²) in [6.07, 6.45) is 2.63. The Balaban J connectivity index is 2.62. The van der Waals surface area contributed by atoms with E-state index in [2.05, 4.69) is 4.99 Å². The molecule has 0 amide bonds. The van der Waals surface area contributed by atoms with Crippen LogP contribution in [0.15, 0.2) is 23.2 Å². The first kappa shape index (κ1) is 8.26. The van der Waals surface area contributed by atoms with Gasteiger partial charge in [-0.15, -0.1) is 0 Å². The lowest BCUT2D eigenvalue weighted by Gasteiger charge is -2.28. The van der Waals surface area contributed by atoms with Gasteiger partial charge in [-0.05, 0) is 30.7 Å². The minimum atomic E-state index is -0.327. The predicted molar refractivity (Wildman–Crippen MR) is 55.2 cm³/mol. The van der Waals surface area contributed by atoms with Crippen molar-refractivity contribution >= 4 is 17.6 Å². The van der Waals surface area contributed by atoms with E-state index >= 15 is 0 Å². The van der Waals surface area contributed by atoms with Gasteiger partial charge in [0, 0.05) is 23.9 Å². The van der Waals surface area contributed by atoms with Crippen molar-refractivity contribution in [3.8, 4) is 0 Å². The summed E-state index contributed by atoms with van der Waals surface area (Å²) < 4.78 is 0. The van der Waals surface area contributed by atoms with Crippen molar-refractivity contribution in [2.75, 3.05) is 5.73 Å². The Hall–Kier alpha value is -1.35. The lowest BCUT2D eigenvalue weighted by atomic mass is 9.87. The zero-order chi connectivity index (χ0) is 9.47. The normalized spacial score (nSPS) is 25.7. The molecule has 0 radical (unpaired) electrons. The van der Waals surface area contributed by atoms with Crippen LogP contribution in [-0.4, -0.2) is 6.21 Å². The molecular weight excluding hydrogens is 162 g/mol. The summed E-state index contributed by atoms with van der Waals surface area (Å²) in [5.41, 5.74) is 14.2. The molecule has 0 fully saturated rings. The second kappa shape index (κ2) is 2.57. The van der Waals surface area contributed by atoms with Gasteiger partial charge >= 0.3 is 0 Å². The van der Waals surface area contributed by atoms with Crippen LogP contribution in [0.25, 0.3) is 0 Å². The molecule has 3 nitrogen and oxygen atoms in total. The highest BCUT2D eigenvalue weighted by molar-refractivity contribution is 5.73. The molecule has 1 aromatic rings. The highest BCUT2D eigenvalue weighted by Crippen LogP contribution is 2.34. The van der Waals surface area contributed by atoms with Crippen LogP contribution >= 0.6 is 0 Å². The molecule has 0 spiro atoms. The van der Waals surface area contributed by atoms with Gasteiger partial charge in [0.15, 0.2) is 0 Å². The maximum atomic E-state index is 6.11. The number of hydrogen-bond donors (Lipinski definition) is 2. The van der Waals surface area contributed by atoms with E-state index in [1.807, 2.05) is 31.3 Å². The van der Waals surface area contributed by atoms with Gasteiger partial charge in [0.05, 0.1) is 5.69 Å². The number of nitrogens with two attached hydrogens (primary N) is 2. The first-order chi connectivity index (χ1) is 6.09. The highest BCUT2D eigenvalue weighted by atomic mass is 14.8. The van der Waals surface area contributed by atoms with E-state index in [9.17, 15) is 0 Å². The van der Waals surface area contributed by atoms with Crippen LogP contribution in [0.2, 0.25) is 0 Å². The molecule has 1 aliphatic rings. The van der Waals surface area contributed by atoms with Crippen molar-refractivity contribution < 1.29 is 0 Å². The fourth-order valence-electron chi connectivity index (χ4n) is 1.57. The molecule has 0 bridgehead atoms. The maximum Gasteiger partial charge on any atom is 0.0677 e. The Morgan fingerprint density at radius 1 is 1.46 bits per heavy atom. The quantitative estimate of drug-likeness (QED) is 0.587. The molecule has 1 unspecified atom stereocenters. The number of rotatable bonds is 0. The SMILES string of the molecule is CC1(N)CC=Nc2ccc(N)cc21. The molecule has 0 saturated heterocycles. The third-order valence-corrected chi connectivity index (χ3v) is 2.38. The minimum absolute atomic E-state index is 0.327. The summed E-state index contributed by atoms with van der Waals surface area (Å²) in [4.78, 5) is 4.27. The smallest absolute Gasteiger partial charge is 0.0677 e. The number of benzene rings is 1. The summed E-state index contributed by atoms with van der Waals surface area (Å²) in [7, 11) is 0. The van der Waals surface area contributed by atoms with Gasteiger partial charge in [0.25, 0.3) is 0 Å². The summed E-state index contributed by atoms with van der Waals surface area (Å²) in [5, 5.41) is 0. The van der Waals surface area contributed by atoms with Crippen LogP contribution in [0.5, 0.6) is 0 Å². The van der Waals surface area contributed by atoms with E-state index in [4.69, 9.17) is 11.5 Å². The summed E-state index contributed by atoms with van der Waals surface area (Å²) in [6, 6.07) is 5.66. The Labute approximate surface area is 77.5 Å². The second-order valence-electron chi connectivity index (χ2n) is 3.71. The highest BCUT2D eigenvalue weighted by Gasteiger charge is 2.25. The molecule has 13 heavy (non-hydrogen) atoms. The molecular formula is C10H13N3. The second-order valence-corrected chi connectivity index (χ2v) is 3.71. The summed E-state index contributed by atoms with van der Waals surface area (Å²) >= 11 is 0. The van der Waals surface area contributed by atoms with Crippen LogP contribution in [0.3, 0.4) is 0 Å². The number of nitrogens with zero attached hydrogens (tertiary/aromatic N) is 1. The van der Waals surface area contributed by atoms with Crippen molar-refractivity contribution in [1.82, 2.24) is 0 Å². The van der Waals surface area contributed by atoms with E-state index in [0.29, 0.717) is 0 Å². The van der Waals surface area contributed by atoms with E-state index in [1.165, 1.54) is 0 Å². The van der Waals surface area contributed by atoms with E-state index < -0.39 is 0 Å². The summed E-state index contributed by atoms with van der Waals surface area (Å²) in [5.74, 6) is 0. The molecule has 1 atom stereocenters. The van der Waals surface area contributed by atoms with Crippen LogP contribution in [0.1, 0.15) is 18.9 Å². The Morgan fingerprint density at radius 2 is 2.23 bits per heavy atom. The van der Waals surface area contributed by atoms with Gasteiger partial charge < -0.3 is 11.5 Å². The number of aliphatic imine (C=N–C) groups is 1. The number of anilines is 1. The van der Waals surface area contributed by atoms with Crippen molar-refractivity contribution in [3.05, 3.63) is 23.8 Å². The largest absolute Gasteiger partial charge is 0.399 e. The van der Waals surface area contributed by atoms with Crippen LogP contribution in [0.4, 0.5) is 11.4 Å². The first-order valence-electron chi connectivity index (χ1n) is 4.31. The zero-order valence-corrected chi connectivity index (χ0v) is 7.62. The molecule has 0 saturated carbocycles. The maximum absolute atomic E-state index is 6.11. The van der Waals surface area contributed by atoms with Gasteiger partial charge in [-0.25, -0.2) is 0 Å². The minimum Gasteiger partial charge on any atom is -0.399 e. The summed E-state index contributed by atoms with van der Waals surface area (Å²) in [6.45, 7) is 2.00. The molecule has 68 valence electrons. The molecule has 2 rings (SSSR count). The molecule has 1 aliphatic heterocycles. The first-order valence-corrected chi connectivity index (χ1v) is 4.31. The molecule has 0 aliphatic carbocycles. The van der Waals surface area contributed by atoms with E-state index in [0.717, 1.165) is 23.4 Å². The van der Waals surface area contributed by atoms with Gasteiger partial charge in [-0.1, -0.05) is 0 Å². The van der Waals surface area contributed by atoms with Gasteiger partial charge in [0.2, 0.25) is 0 Å². The standard InChI is InChI=1S/C10H13N3/c1-10(12)4-5-13-9-3-2-7(11)6-8(9)10/h2-3,5-6H,4,11-12H2,1H3. The average Bonchev–Trinajstić information content (AvgIpc) is 2.06. The fraction of sp³-hybridized carbons (Fsp3) is 0.300. The lowest BCUT2D eigenvalue weighted by Crippen LogP contribution is -2.35. The third-order valence-electron chi connectivity index (χ3n) is 2.38. The van der Waals surface area contributed by atoms with Crippen molar-refractivity contribution in [2.24, 2.45) is 10.7 Å². The number of nitrogen functional groups attached to an aromatic ring is 1. The molecule has 1 aromatic carbocycles. The molecule has 3 heteroatoms. The predicted octanol–water partition coefficient (Wildman–Crippen LogP) is 1.55. The topological polar surface area (TPSA) is 64.4 Å². The Morgan fingerprint density at radius 3 is 3.00 bits per heavy atom. The van der Waals surface area contributed by atoms with E-state index in [1.54, 1.807) is 0 Å². The van der Waals surface area contributed by atoms with Crippen molar-refractivity contribution in [2.45, 2.75) is 18.9 Å². The van der Waals surface area contributed by atoms with Crippen LogP contribution < -0.4 is 11.5 Å². The third kappa shape index (κ3) is 1.31. The Kier molecular flexibility index (Phi) is 1.63. The zero-order valence-electron chi connectivity index (χ0n) is 7.62. The van der Waals surface area contributed by atoms with Gasteiger partial charge in [-0.3, -0.25) is 4.99 Å². The van der Waals surface area contributed by atoms with Gasteiger partial charge in [-0.2, -0.15) is 0 Å². The number of fused-ring (bicyclic) bond motifs is 1. The molecule has 4 N–H and O–H groups in total. The van der Waals surface area contributed by atoms with Crippen LogP contribution in [0, 0.1) is 0 Å². The van der Waals surface area contributed by atoms with Crippen LogP contribution in [-0.2, 0) is 5.54 Å². The van der Waals surface area contributed by atoms with Gasteiger partial charge in [0.1, 0.15) is 0 Å². The average molecular weight is 175 g/mol. The monoisotopic (exact) mass is 175 g/mol.